The molecule has 0 spiro atoms. The monoisotopic (exact) mass is 258 g/mol. The molecule has 1 N–H and O–H groups in total. The van der Waals surface area contributed by atoms with Gasteiger partial charge in [0.2, 0.25) is 5.91 Å². The van der Waals surface area contributed by atoms with Gasteiger partial charge in [-0.1, -0.05) is 50.1 Å². The molecule has 0 aliphatic heterocycles. The van der Waals surface area contributed by atoms with Gasteiger partial charge in [-0.25, -0.2) is 5.43 Å². The summed E-state index contributed by atoms with van der Waals surface area (Å²) in [6.07, 6.45) is 6.45. The highest BCUT2D eigenvalue weighted by atomic mass is 16.2. The molecular weight excluding hydrogens is 236 g/mol. The molecule has 0 heterocycles. The van der Waals surface area contributed by atoms with E-state index in [1.807, 2.05) is 30.3 Å². The van der Waals surface area contributed by atoms with E-state index in [9.17, 15) is 4.79 Å². The van der Waals surface area contributed by atoms with Crippen molar-refractivity contribution in [3.8, 4) is 0 Å². The van der Waals surface area contributed by atoms with Gasteiger partial charge in [0, 0.05) is 5.92 Å². The van der Waals surface area contributed by atoms with Gasteiger partial charge in [0.1, 0.15) is 0 Å². The summed E-state index contributed by atoms with van der Waals surface area (Å²) in [6, 6.07) is 10.1. The first-order chi connectivity index (χ1) is 9.31. The van der Waals surface area contributed by atoms with Gasteiger partial charge < -0.3 is 0 Å². The normalized spacial score (nSPS) is 15.3. The Bertz CT molecular complexity index is 435. The van der Waals surface area contributed by atoms with Crippen LogP contribution in [0.25, 0.3) is 0 Å². The molecular formula is C16H22N2O. The number of nitrogens with one attached hydrogen (secondary N) is 1. The third-order valence-corrected chi connectivity index (χ3v) is 3.37. The summed E-state index contributed by atoms with van der Waals surface area (Å²) in [5.41, 5.74) is 4.81. The van der Waals surface area contributed by atoms with Crippen molar-refractivity contribution in [3.63, 3.8) is 0 Å². The highest BCUT2D eigenvalue weighted by Gasteiger charge is 2.29. The second kappa shape index (κ2) is 7.07. The number of carbonyl (C=O) groups excluding carboxylic acids is 1. The molecule has 1 fully saturated rings. The molecule has 3 heteroatoms. The van der Waals surface area contributed by atoms with Crippen molar-refractivity contribution in [1.29, 1.82) is 0 Å². The Balaban J connectivity index is 2.00. The average molecular weight is 258 g/mol. The number of benzene rings is 1. The smallest absolute Gasteiger partial charge is 0.243 e. The van der Waals surface area contributed by atoms with Gasteiger partial charge in [0.05, 0.1) is 5.71 Å². The minimum atomic E-state index is 0.0731. The van der Waals surface area contributed by atoms with E-state index in [1.165, 1.54) is 12.8 Å². The number of rotatable bonds is 7. The zero-order valence-electron chi connectivity index (χ0n) is 11.6. The summed E-state index contributed by atoms with van der Waals surface area (Å²) in [7, 11) is 0. The molecule has 0 radical (unpaired) electrons. The van der Waals surface area contributed by atoms with Crippen LogP contribution < -0.4 is 5.43 Å². The molecule has 1 aromatic rings. The van der Waals surface area contributed by atoms with Crippen LogP contribution in [-0.2, 0) is 4.79 Å². The van der Waals surface area contributed by atoms with Crippen molar-refractivity contribution in [3.05, 3.63) is 35.9 Å². The largest absolute Gasteiger partial charge is 0.273 e. The number of hydrogen-bond donors (Lipinski definition) is 1. The highest BCUT2D eigenvalue weighted by Crippen LogP contribution is 2.28. The molecule has 0 aromatic heterocycles. The highest BCUT2D eigenvalue weighted by molar-refractivity contribution is 6.01. The molecule has 1 amide bonds. The number of carbonyl (C=O) groups is 1. The van der Waals surface area contributed by atoms with E-state index < -0.39 is 0 Å². The molecule has 0 saturated heterocycles. The van der Waals surface area contributed by atoms with Gasteiger partial charge in [0.25, 0.3) is 0 Å². The van der Waals surface area contributed by atoms with Crippen LogP contribution >= 0.6 is 0 Å². The molecule has 3 nitrogen and oxygen atoms in total. The van der Waals surface area contributed by atoms with Crippen molar-refractivity contribution in [2.45, 2.75) is 45.4 Å². The second-order valence-corrected chi connectivity index (χ2v) is 5.13. The Hall–Kier alpha value is -1.64. The number of hydrazone groups is 1. The van der Waals surface area contributed by atoms with E-state index in [-0.39, 0.29) is 11.8 Å². The quantitative estimate of drug-likeness (QED) is 0.454. The summed E-state index contributed by atoms with van der Waals surface area (Å²) in [5, 5.41) is 4.34. The lowest BCUT2D eigenvalue weighted by atomic mass is 10.0. The molecule has 1 aliphatic rings. The molecule has 2 rings (SSSR count). The first-order valence-electron chi connectivity index (χ1n) is 7.23. The maximum Gasteiger partial charge on any atom is 0.243 e. The molecule has 102 valence electrons. The third-order valence-electron chi connectivity index (χ3n) is 3.37. The van der Waals surface area contributed by atoms with Crippen molar-refractivity contribution in [1.82, 2.24) is 5.43 Å². The third kappa shape index (κ3) is 4.51. The summed E-state index contributed by atoms with van der Waals surface area (Å²) < 4.78 is 0. The lowest BCUT2D eigenvalue weighted by Gasteiger charge is -2.07. The Morgan fingerprint density at radius 3 is 2.63 bits per heavy atom. The van der Waals surface area contributed by atoms with Crippen LogP contribution in [0.2, 0.25) is 0 Å². The molecule has 19 heavy (non-hydrogen) atoms. The number of unbranched alkanes of at least 4 members (excludes halogenated alkanes) is 2. The fourth-order valence-electron chi connectivity index (χ4n) is 2.00. The van der Waals surface area contributed by atoms with Gasteiger partial charge in [0.15, 0.2) is 0 Å². The maximum atomic E-state index is 11.7. The van der Waals surface area contributed by atoms with E-state index in [0.29, 0.717) is 0 Å². The Labute approximate surface area is 115 Å². The van der Waals surface area contributed by atoms with Gasteiger partial charge in [-0.2, -0.15) is 5.10 Å². The Morgan fingerprint density at radius 2 is 2.00 bits per heavy atom. The van der Waals surface area contributed by atoms with E-state index >= 15 is 0 Å². The van der Waals surface area contributed by atoms with Gasteiger partial charge in [-0.05, 0) is 31.2 Å². The van der Waals surface area contributed by atoms with Crippen LogP contribution in [0.3, 0.4) is 0 Å². The SMILES string of the molecule is CCCCC/C(=N\NC(=O)C1CC1)c1ccccc1. The minimum Gasteiger partial charge on any atom is -0.273 e. The zero-order valence-corrected chi connectivity index (χ0v) is 11.6. The Morgan fingerprint density at radius 1 is 1.26 bits per heavy atom. The fourth-order valence-corrected chi connectivity index (χ4v) is 2.00. The van der Waals surface area contributed by atoms with Crippen LogP contribution in [0.5, 0.6) is 0 Å². The summed E-state index contributed by atoms with van der Waals surface area (Å²) in [4.78, 5) is 11.7. The van der Waals surface area contributed by atoms with Crippen molar-refractivity contribution in [2.75, 3.05) is 0 Å². The molecule has 1 aliphatic carbocycles. The van der Waals surface area contributed by atoms with E-state index in [2.05, 4.69) is 17.5 Å². The topological polar surface area (TPSA) is 41.5 Å². The summed E-state index contributed by atoms with van der Waals surface area (Å²) >= 11 is 0. The van der Waals surface area contributed by atoms with Crippen molar-refractivity contribution >= 4 is 11.6 Å². The first-order valence-corrected chi connectivity index (χ1v) is 7.23. The molecule has 0 unspecified atom stereocenters. The van der Waals surface area contributed by atoms with Crippen LogP contribution in [0.4, 0.5) is 0 Å². The van der Waals surface area contributed by atoms with Gasteiger partial charge in [-0.3, -0.25) is 4.79 Å². The zero-order chi connectivity index (χ0) is 13.5. The van der Waals surface area contributed by atoms with Gasteiger partial charge >= 0.3 is 0 Å². The summed E-state index contributed by atoms with van der Waals surface area (Å²) in [5.74, 6) is 0.278. The van der Waals surface area contributed by atoms with E-state index in [1.54, 1.807) is 0 Å². The average Bonchev–Trinajstić information content (AvgIpc) is 3.28. The second-order valence-electron chi connectivity index (χ2n) is 5.13. The number of nitrogens with zero attached hydrogens (tertiary/aromatic N) is 1. The molecule has 0 atom stereocenters. The number of amides is 1. The van der Waals surface area contributed by atoms with Crippen molar-refractivity contribution in [2.24, 2.45) is 11.0 Å². The van der Waals surface area contributed by atoms with Gasteiger partial charge in [-0.15, -0.1) is 0 Å². The maximum absolute atomic E-state index is 11.7. The van der Waals surface area contributed by atoms with Crippen LogP contribution in [0, 0.1) is 5.92 Å². The van der Waals surface area contributed by atoms with Crippen molar-refractivity contribution < 1.29 is 4.79 Å². The van der Waals surface area contributed by atoms with E-state index in [0.717, 1.165) is 37.0 Å². The van der Waals surface area contributed by atoms with E-state index in [4.69, 9.17) is 0 Å². The molecule has 0 bridgehead atoms. The summed E-state index contributed by atoms with van der Waals surface area (Å²) in [6.45, 7) is 2.19. The number of hydrogen-bond acceptors (Lipinski definition) is 2. The fraction of sp³-hybridized carbons (Fsp3) is 0.500. The molecule has 1 aromatic carbocycles. The Kier molecular flexibility index (Phi) is 5.13. The minimum absolute atomic E-state index is 0.0731. The van der Waals surface area contributed by atoms with Crippen LogP contribution in [0.15, 0.2) is 35.4 Å². The predicted octanol–water partition coefficient (Wildman–Crippen LogP) is 3.50. The standard InChI is InChI=1S/C16H22N2O/c1-2-3-5-10-15(13-8-6-4-7-9-13)17-18-16(19)14-11-12-14/h4,6-9,14H,2-3,5,10-12H2,1H3,(H,18,19)/b17-15+. The van der Waals surface area contributed by atoms with Crippen LogP contribution in [-0.4, -0.2) is 11.6 Å². The lowest BCUT2D eigenvalue weighted by Crippen LogP contribution is -2.21. The lowest BCUT2D eigenvalue weighted by molar-refractivity contribution is -0.122. The predicted molar refractivity (Wildman–Crippen MR) is 78.0 cm³/mol. The first kappa shape index (κ1) is 13.8. The van der Waals surface area contributed by atoms with Crippen LogP contribution in [0.1, 0.15) is 51.0 Å². The molecule has 1 saturated carbocycles.